The second kappa shape index (κ2) is 2.88. The van der Waals surface area contributed by atoms with Crippen molar-refractivity contribution in [2.24, 2.45) is 0 Å². The monoisotopic (exact) mass is 181 g/mol. The van der Waals surface area contributed by atoms with Crippen LogP contribution in [0.4, 0.5) is 0 Å². The van der Waals surface area contributed by atoms with E-state index in [4.69, 9.17) is 0 Å². The van der Waals surface area contributed by atoms with Crippen LogP contribution >= 0.6 is 0 Å². The highest BCUT2D eigenvalue weighted by molar-refractivity contribution is 5.91. The van der Waals surface area contributed by atoms with Crippen LogP contribution in [0.5, 0.6) is 0 Å². The minimum absolute atomic E-state index is 0.997. The lowest BCUT2D eigenvalue weighted by Crippen LogP contribution is -1.81. The van der Waals surface area contributed by atoms with E-state index >= 15 is 0 Å². The normalized spacial score (nSPS) is 14.3. The molecule has 0 aliphatic heterocycles. The summed E-state index contributed by atoms with van der Waals surface area (Å²) in [6.07, 6.45) is 9.56. The summed E-state index contributed by atoms with van der Waals surface area (Å²) in [6, 6.07) is 8.45. The summed E-state index contributed by atoms with van der Waals surface area (Å²) in [6.45, 7) is 0. The number of hydrogen-bond donors (Lipinski definition) is 1. The second-order valence-electron chi connectivity index (χ2n) is 3.55. The van der Waals surface area contributed by atoms with Gasteiger partial charge in [-0.2, -0.15) is 0 Å². The fraction of sp³-hybridized carbons (Fsp3) is 0.0769. The van der Waals surface area contributed by atoms with E-state index < -0.39 is 0 Å². The van der Waals surface area contributed by atoms with Crippen LogP contribution in [0.3, 0.4) is 0 Å². The van der Waals surface area contributed by atoms with E-state index in [9.17, 15) is 0 Å². The minimum Gasteiger partial charge on any atom is -0.358 e. The number of aromatic amines is 1. The Morgan fingerprint density at radius 1 is 1.07 bits per heavy atom. The zero-order valence-corrected chi connectivity index (χ0v) is 7.83. The average Bonchev–Trinajstić information content (AvgIpc) is 2.42. The Balaban J connectivity index is 2.37. The molecule has 0 bridgehead atoms. The van der Waals surface area contributed by atoms with Crippen LogP contribution in [0.25, 0.3) is 17.0 Å². The molecule has 1 aliphatic rings. The van der Waals surface area contributed by atoms with Crippen molar-refractivity contribution >= 4 is 17.0 Å². The molecule has 0 fully saturated rings. The van der Waals surface area contributed by atoms with Crippen LogP contribution in [-0.4, -0.2) is 4.98 Å². The Bertz CT molecular complexity index is 529. The Morgan fingerprint density at radius 2 is 2.00 bits per heavy atom. The molecule has 1 aliphatic carbocycles. The van der Waals surface area contributed by atoms with Crippen LogP contribution in [-0.2, 0) is 6.42 Å². The summed E-state index contributed by atoms with van der Waals surface area (Å²) in [5, 5.41) is 1.32. The van der Waals surface area contributed by atoms with Crippen LogP contribution in [0.1, 0.15) is 11.3 Å². The molecule has 0 unspecified atom stereocenters. The maximum absolute atomic E-state index is 3.45. The Labute approximate surface area is 82.8 Å². The Morgan fingerprint density at radius 3 is 3.00 bits per heavy atom. The maximum Gasteiger partial charge on any atom is 0.0462 e. The van der Waals surface area contributed by atoms with Crippen molar-refractivity contribution in [2.45, 2.75) is 6.42 Å². The smallest absolute Gasteiger partial charge is 0.0462 e. The van der Waals surface area contributed by atoms with Crippen molar-refractivity contribution in [1.82, 2.24) is 4.98 Å². The summed E-state index contributed by atoms with van der Waals surface area (Å²) in [5.41, 5.74) is 3.89. The zero-order valence-electron chi connectivity index (χ0n) is 7.83. The van der Waals surface area contributed by atoms with E-state index in [1.54, 1.807) is 0 Å². The third-order valence-electron chi connectivity index (χ3n) is 2.66. The Kier molecular flexibility index (Phi) is 1.57. The minimum atomic E-state index is 0.997. The molecule has 3 rings (SSSR count). The van der Waals surface area contributed by atoms with Gasteiger partial charge in [0.15, 0.2) is 0 Å². The summed E-state index contributed by atoms with van der Waals surface area (Å²) >= 11 is 0. The third-order valence-corrected chi connectivity index (χ3v) is 2.66. The van der Waals surface area contributed by atoms with Gasteiger partial charge < -0.3 is 4.98 Å². The molecule has 1 aromatic carbocycles. The summed E-state index contributed by atoms with van der Waals surface area (Å²) in [5.74, 6) is 0. The number of benzene rings is 1. The molecular weight excluding hydrogens is 170 g/mol. The molecule has 68 valence electrons. The average molecular weight is 181 g/mol. The first-order valence-corrected chi connectivity index (χ1v) is 4.88. The molecular formula is C13H11N. The van der Waals surface area contributed by atoms with Crippen molar-refractivity contribution in [3.05, 3.63) is 53.8 Å². The quantitative estimate of drug-likeness (QED) is 0.642. The topological polar surface area (TPSA) is 15.8 Å². The number of fused-ring (bicyclic) bond motifs is 3. The van der Waals surface area contributed by atoms with E-state index in [1.807, 2.05) is 0 Å². The zero-order chi connectivity index (χ0) is 9.38. The first-order chi connectivity index (χ1) is 6.95. The fourth-order valence-electron chi connectivity index (χ4n) is 1.99. The number of aromatic nitrogens is 1. The van der Waals surface area contributed by atoms with Crippen LogP contribution in [0.15, 0.2) is 42.5 Å². The van der Waals surface area contributed by atoms with Crippen molar-refractivity contribution in [1.29, 1.82) is 0 Å². The van der Waals surface area contributed by atoms with Crippen molar-refractivity contribution in [3.8, 4) is 0 Å². The molecule has 0 radical (unpaired) electrons. The van der Waals surface area contributed by atoms with Gasteiger partial charge in [-0.1, -0.05) is 42.5 Å². The maximum atomic E-state index is 3.45. The number of nitrogens with one attached hydrogen (secondary N) is 1. The van der Waals surface area contributed by atoms with Crippen LogP contribution in [0.2, 0.25) is 0 Å². The van der Waals surface area contributed by atoms with E-state index in [-0.39, 0.29) is 0 Å². The van der Waals surface area contributed by atoms with E-state index in [0.717, 1.165) is 6.42 Å². The van der Waals surface area contributed by atoms with Crippen molar-refractivity contribution < 1.29 is 0 Å². The third kappa shape index (κ3) is 1.02. The number of rotatable bonds is 0. The molecule has 1 nitrogen and oxygen atoms in total. The van der Waals surface area contributed by atoms with Crippen molar-refractivity contribution in [3.63, 3.8) is 0 Å². The number of para-hydroxylation sites is 1. The van der Waals surface area contributed by atoms with Gasteiger partial charge in [-0.3, -0.25) is 0 Å². The number of hydrogen-bond acceptors (Lipinski definition) is 0. The molecule has 1 aromatic heterocycles. The van der Waals surface area contributed by atoms with Gasteiger partial charge in [0.25, 0.3) is 0 Å². The first-order valence-electron chi connectivity index (χ1n) is 4.88. The molecule has 0 atom stereocenters. The van der Waals surface area contributed by atoms with Crippen LogP contribution in [0, 0.1) is 0 Å². The molecule has 0 spiro atoms. The Hall–Kier alpha value is -1.76. The largest absolute Gasteiger partial charge is 0.358 e. The predicted molar refractivity (Wildman–Crippen MR) is 60.2 cm³/mol. The fourth-order valence-corrected chi connectivity index (χ4v) is 1.99. The molecule has 1 N–H and O–H groups in total. The van der Waals surface area contributed by atoms with E-state index in [2.05, 4.69) is 53.6 Å². The highest BCUT2D eigenvalue weighted by Gasteiger charge is 2.07. The summed E-state index contributed by atoms with van der Waals surface area (Å²) < 4.78 is 0. The molecule has 0 saturated carbocycles. The number of H-pyrrole nitrogens is 1. The van der Waals surface area contributed by atoms with E-state index in [0.29, 0.717) is 0 Å². The van der Waals surface area contributed by atoms with Crippen molar-refractivity contribution in [2.75, 3.05) is 0 Å². The molecule has 0 saturated heterocycles. The highest BCUT2D eigenvalue weighted by Crippen LogP contribution is 2.25. The molecule has 1 heteroatoms. The molecule has 1 heterocycles. The molecule has 0 amide bonds. The van der Waals surface area contributed by atoms with Gasteiger partial charge in [0.05, 0.1) is 0 Å². The van der Waals surface area contributed by atoms with Gasteiger partial charge in [-0.25, -0.2) is 0 Å². The first kappa shape index (κ1) is 7.63. The summed E-state index contributed by atoms with van der Waals surface area (Å²) in [7, 11) is 0. The second-order valence-corrected chi connectivity index (χ2v) is 3.55. The van der Waals surface area contributed by atoms with Gasteiger partial charge in [0, 0.05) is 28.6 Å². The van der Waals surface area contributed by atoms with Gasteiger partial charge in [-0.05, 0) is 6.07 Å². The molecule has 2 aromatic rings. The lowest BCUT2D eigenvalue weighted by atomic mass is 10.1. The molecule has 14 heavy (non-hydrogen) atoms. The standard InChI is InChI=1S/C13H11N/c1-2-6-10-11-7-4-5-9-13(11)14-12(10)8-3-1/h1-7,9,14H,8H2. The van der Waals surface area contributed by atoms with Gasteiger partial charge >= 0.3 is 0 Å². The van der Waals surface area contributed by atoms with Gasteiger partial charge in [-0.15, -0.1) is 0 Å². The number of allylic oxidation sites excluding steroid dienone is 3. The van der Waals surface area contributed by atoms with Crippen LogP contribution < -0.4 is 0 Å². The van der Waals surface area contributed by atoms with E-state index in [1.165, 1.54) is 22.2 Å². The SMILES string of the molecule is C1=CCc2[nH]c3ccccc3c2C=C1. The predicted octanol–water partition coefficient (Wildman–Crippen LogP) is 3.29. The highest BCUT2D eigenvalue weighted by atomic mass is 14.7. The summed E-state index contributed by atoms with van der Waals surface area (Å²) in [4.78, 5) is 3.45. The lowest BCUT2D eigenvalue weighted by Gasteiger charge is -1.92. The van der Waals surface area contributed by atoms with Gasteiger partial charge in [0.2, 0.25) is 0 Å². The van der Waals surface area contributed by atoms with Gasteiger partial charge in [0.1, 0.15) is 0 Å². The lowest BCUT2D eigenvalue weighted by molar-refractivity contribution is 1.17.